The summed E-state index contributed by atoms with van der Waals surface area (Å²) in [5.74, 6) is 0.150. The van der Waals surface area contributed by atoms with E-state index in [2.05, 4.69) is 10.1 Å². The number of nitrogens with zero attached hydrogens (tertiary/aromatic N) is 4. The lowest BCUT2D eigenvalue weighted by molar-refractivity contribution is 0.0677. The van der Waals surface area contributed by atoms with Gasteiger partial charge in [0.15, 0.2) is 0 Å². The maximum atomic E-state index is 12.5. The normalized spacial score (nSPS) is 19.6. The lowest BCUT2D eigenvalue weighted by Gasteiger charge is -2.32. The quantitative estimate of drug-likeness (QED) is 0.844. The van der Waals surface area contributed by atoms with Crippen LogP contribution in [0.3, 0.4) is 0 Å². The van der Waals surface area contributed by atoms with Crippen molar-refractivity contribution < 1.29 is 4.79 Å². The molecule has 3 heterocycles. The van der Waals surface area contributed by atoms with Crippen LogP contribution in [0.25, 0.3) is 0 Å². The van der Waals surface area contributed by atoms with E-state index in [1.807, 2.05) is 28.0 Å². The number of aryl methyl sites for hydroxylation is 1. The molecule has 0 N–H and O–H groups in total. The second-order valence-electron chi connectivity index (χ2n) is 4.86. The minimum Gasteiger partial charge on any atom is -0.336 e. The molecule has 0 saturated carbocycles. The van der Waals surface area contributed by atoms with E-state index in [-0.39, 0.29) is 11.9 Å². The molecule has 6 heteroatoms. The van der Waals surface area contributed by atoms with Crippen LogP contribution >= 0.6 is 11.3 Å². The maximum Gasteiger partial charge on any atom is 0.264 e. The van der Waals surface area contributed by atoms with Gasteiger partial charge in [-0.05, 0) is 36.8 Å². The Labute approximate surface area is 115 Å². The molecule has 1 atom stereocenters. The van der Waals surface area contributed by atoms with Crippen LogP contribution in [0.4, 0.5) is 0 Å². The van der Waals surface area contributed by atoms with E-state index in [0.29, 0.717) is 0 Å². The van der Waals surface area contributed by atoms with Crippen molar-refractivity contribution in [3.63, 3.8) is 0 Å². The van der Waals surface area contributed by atoms with Crippen molar-refractivity contribution >= 4 is 17.2 Å². The smallest absolute Gasteiger partial charge is 0.264 e. The second kappa shape index (κ2) is 5.13. The maximum absolute atomic E-state index is 12.5. The van der Waals surface area contributed by atoms with Gasteiger partial charge in [-0.3, -0.25) is 4.79 Å². The van der Waals surface area contributed by atoms with Gasteiger partial charge in [0.05, 0.1) is 10.9 Å². The van der Waals surface area contributed by atoms with Gasteiger partial charge in [-0.25, -0.2) is 9.67 Å². The molecule has 1 unspecified atom stereocenters. The Morgan fingerprint density at radius 1 is 1.53 bits per heavy atom. The van der Waals surface area contributed by atoms with Crippen molar-refractivity contribution in [3.8, 4) is 0 Å². The van der Waals surface area contributed by atoms with E-state index < -0.39 is 0 Å². The monoisotopic (exact) mass is 276 g/mol. The number of hydrogen-bond donors (Lipinski definition) is 0. The summed E-state index contributed by atoms with van der Waals surface area (Å²) in [7, 11) is 0. The number of aromatic nitrogens is 3. The molecule has 1 aliphatic rings. The Balaban J connectivity index is 1.75. The molecule has 1 amide bonds. The Bertz CT molecular complexity index is 563. The fourth-order valence-electron chi connectivity index (χ4n) is 2.50. The molecule has 1 fully saturated rings. The molecule has 5 nitrogen and oxygen atoms in total. The summed E-state index contributed by atoms with van der Waals surface area (Å²) in [6.45, 7) is 3.55. The second-order valence-corrected chi connectivity index (χ2v) is 5.77. The molecular weight excluding hydrogens is 260 g/mol. The topological polar surface area (TPSA) is 51.0 Å². The first-order valence-corrected chi connectivity index (χ1v) is 7.31. The average Bonchev–Trinajstić information content (AvgIpc) is 3.09. The first kappa shape index (κ1) is 12.3. The summed E-state index contributed by atoms with van der Waals surface area (Å²) in [5, 5.41) is 6.16. The predicted octanol–water partition coefficient (Wildman–Crippen LogP) is 2.13. The molecule has 1 saturated heterocycles. The molecule has 0 radical (unpaired) electrons. The summed E-state index contributed by atoms with van der Waals surface area (Å²) in [5.41, 5.74) is 1.07. The first-order chi connectivity index (χ1) is 9.25. The van der Waals surface area contributed by atoms with Gasteiger partial charge in [-0.1, -0.05) is 0 Å². The van der Waals surface area contributed by atoms with Gasteiger partial charge in [0.1, 0.15) is 12.7 Å². The highest BCUT2D eigenvalue weighted by atomic mass is 32.1. The third kappa shape index (κ3) is 2.40. The molecule has 19 heavy (non-hydrogen) atoms. The molecule has 0 spiro atoms. The van der Waals surface area contributed by atoms with Gasteiger partial charge in [-0.15, -0.1) is 11.3 Å². The summed E-state index contributed by atoms with van der Waals surface area (Å²) in [4.78, 5) is 19.3. The van der Waals surface area contributed by atoms with E-state index in [9.17, 15) is 4.79 Å². The Morgan fingerprint density at radius 3 is 3.11 bits per heavy atom. The van der Waals surface area contributed by atoms with Crippen molar-refractivity contribution in [1.82, 2.24) is 19.7 Å². The van der Waals surface area contributed by atoms with Crippen molar-refractivity contribution in [1.29, 1.82) is 0 Å². The predicted molar refractivity (Wildman–Crippen MR) is 73.3 cm³/mol. The van der Waals surface area contributed by atoms with Crippen LogP contribution < -0.4 is 0 Å². The Hall–Kier alpha value is -1.69. The minimum atomic E-state index is 0.150. The number of rotatable bonds is 2. The van der Waals surface area contributed by atoms with Crippen LogP contribution in [0.5, 0.6) is 0 Å². The van der Waals surface area contributed by atoms with Crippen LogP contribution in [-0.2, 0) is 0 Å². The molecule has 1 aliphatic heterocycles. The zero-order chi connectivity index (χ0) is 13.2. The Morgan fingerprint density at radius 2 is 2.42 bits per heavy atom. The van der Waals surface area contributed by atoms with E-state index in [0.717, 1.165) is 36.4 Å². The van der Waals surface area contributed by atoms with Gasteiger partial charge in [0.25, 0.3) is 5.91 Å². The van der Waals surface area contributed by atoms with Crippen molar-refractivity contribution in [2.45, 2.75) is 25.8 Å². The standard InChI is InChI=1S/C13H16N4OS/c1-10-4-6-19-12(10)13(18)16-5-2-3-11(7-16)17-9-14-8-15-17/h4,6,8-9,11H,2-3,5,7H2,1H3. The number of carbonyl (C=O) groups excluding carboxylic acids is 1. The number of hydrogen-bond acceptors (Lipinski definition) is 4. The van der Waals surface area contributed by atoms with Crippen LogP contribution in [-0.4, -0.2) is 38.7 Å². The summed E-state index contributed by atoms with van der Waals surface area (Å²) in [6.07, 6.45) is 5.34. The van der Waals surface area contributed by atoms with Gasteiger partial charge >= 0.3 is 0 Å². The highest BCUT2D eigenvalue weighted by Crippen LogP contribution is 2.24. The lowest BCUT2D eigenvalue weighted by atomic mass is 10.1. The number of carbonyl (C=O) groups is 1. The molecule has 3 rings (SSSR count). The SMILES string of the molecule is Cc1ccsc1C(=O)N1CCCC(n2cncn2)C1. The van der Waals surface area contributed by atoms with Crippen LogP contribution in [0, 0.1) is 6.92 Å². The van der Waals surface area contributed by atoms with E-state index >= 15 is 0 Å². The molecule has 0 aromatic carbocycles. The molecule has 100 valence electrons. The fraction of sp³-hybridized carbons (Fsp3) is 0.462. The number of thiophene rings is 1. The summed E-state index contributed by atoms with van der Waals surface area (Å²) in [6, 6.07) is 2.25. The van der Waals surface area contributed by atoms with E-state index in [1.54, 1.807) is 12.7 Å². The third-order valence-electron chi connectivity index (χ3n) is 3.55. The largest absolute Gasteiger partial charge is 0.336 e. The summed E-state index contributed by atoms with van der Waals surface area (Å²) >= 11 is 1.52. The number of piperidine rings is 1. The third-order valence-corrected chi connectivity index (χ3v) is 4.56. The van der Waals surface area contributed by atoms with Gasteiger partial charge < -0.3 is 4.90 Å². The molecule has 2 aromatic rings. The van der Waals surface area contributed by atoms with Crippen LogP contribution in [0.15, 0.2) is 24.1 Å². The summed E-state index contributed by atoms with van der Waals surface area (Å²) < 4.78 is 1.86. The first-order valence-electron chi connectivity index (χ1n) is 6.43. The van der Waals surface area contributed by atoms with Crippen LogP contribution in [0.1, 0.15) is 34.1 Å². The number of likely N-dealkylation sites (tertiary alicyclic amines) is 1. The fourth-order valence-corrected chi connectivity index (χ4v) is 3.39. The lowest BCUT2D eigenvalue weighted by Crippen LogP contribution is -2.40. The van der Waals surface area contributed by atoms with Gasteiger partial charge in [-0.2, -0.15) is 5.10 Å². The van der Waals surface area contributed by atoms with Crippen LogP contribution in [0.2, 0.25) is 0 Å². The van der Waals surface area contributed by atoms with Crippen molar-refractivity contribution in [3.05, 3.63) is 34.5 Å². The van der Waals surface area contributed by atoms with Gasteiger partial charge in [0.2, 0.25) is 0 Å². The highest BCUT2D eigenvalue weighted by molar-refractivity contribution is 7.12. The molecular formula is C13H16N4OS. The molecule has 0 bridgehead atoms. The van der Waals surface area contributed by atoms with Gasteiger partial charge in [0, 0.05) is 13.1 Å². The molecule has 2 aromatic heterocycles. The van der Waals surface area contributed by atoms with Crippen molar-refractivity contribution in [2.24, 2.45) is 0 Å². The highest BCUT2D eigenvalue weighted by Gasteiger charge is 2.27. The average molecular weight is 276 g/mol. The van der Waals surface area contributed by atoms with E-state index in [4.69, 9.17) is 0 Å². The zero-order valence-electron chi connectivity index (χ0n) is 10.8. The zero-order valence-corrected chi connectivity index (χ0v) is 11.6. The Kier molecular flexibility index (Phi) is 3.33. The minimum absolute atomic E-state index is 0.150. The van der Waals surface area contributed by atoms with Crippen molar-refractivity contribution in [2.75, 3.05) is 13.1 Å². The molecule has 0 aliphatic carbocycles. The number of amides is 1. The van der Waals surface area contributed by atoms with E-state index in [1.165, 1.54) is 11.3 Å².